The molecule has 0 aliphatic rings. The van der Waals surface area contributed by atoms with Gasteiger partial charge in [-0.25, -0.2) is 0 Å². The second kappa shape index (κ2) is 4.52. The van der Waals surface area contributed by atoms with Crippen LogP contribution in [0.4, 0.5) is 0 Å². The Kier molecular flexibility index (Phi) is 6.68. The zero-order valence-corrected chi connectivity index (χ0v) is 5.93. The Bertz CT molecular complexity index is 102. The van der Waals surface area contributed by atoms with Crippen LogP contribution in [0.2, 0.25) is 0 Å². The zero-order chi connectivity index (χ0) is 6.50. The van der Waals surface area contributed by atoms with Gasteiger partial charge >= 0.3 is 33.6 Å². The maximum absolute atomic E-state index is 8.74. The molecule has 0 heterocycles. The summed E-state index contributed by atoms with van der Waals surface area (Å²) in [4.78, 5) is 0. The van der Waals surface area contributed by atoms with Gasteiger partial charge in [0.2, 0.25) is 0 Å². The van der Waals surface area contributed by atoms with Crippen molar-refractivity contribution >= 4 is 10.4 Å². The molecule has 0 aliphatic heterocycles. The first-order valence-corrected chi connectivity index (χ1v) is 3.15. The van der Waals surface area contributed by atoms with Crippen molar-refractivity contribution in [2.24, 2.45) is 0 Å². The second-order valence-corrected chi connectivity index (χ2v) is 1.34. The summed E-state index contributed by atoms with van der Waals surface area (Å²) in [5, 5.41) is 0. The molecule has 0 saturated heterocycles. The first kappa shape index (κ1) is 10.4. The summed E-state index contributed by atoms with van der Waals surface area (Å²) >= 11 is 0.889. The van der Waals surface area contributed by atoms with Crippen LogP contribution >= 0.6 is 0 Å². The van der Waals surface area contributed by atoms with E-state index in [0.717, 1.165) is 19.8 Å². The molecule has 0 aliphatic carbocycles. The van der Waals surface area contributed by atoms with Crippen molar-refractivity contribution in [1.29, 1.82) is 0 Å². The Labute approximate surface area is 51.5 Å². The molecule has 5 nitrogen and oxygen atoms in total. The molecule has 7 heteroatoms. The first-order chi connectivity index (χ1) is 3.00. The van der Waals surface area contributed by atoms with Crippen LogP contribution in [0.15, 0.2) is 0 Å². The van der Waals surface area contributed by atoms with Gasteiger partial charge in [0.05, 0.1) is 0 Å². The predicted octanol–water partition coefficient (Wildman–Crippen LogP) is -0.774. The van der Waals surface area contributed by atoms with E-state index < -0.39 is 10.4 Å². The van der Waals surface area contributed by atoms with Crippen LogP contribution in [0.25, 0.3) is 0 Å². The molecule has 48 valence electrons. The van der Waals surface area contributed by atoms with Crippen molar-refractivity contribution in [2.75, 3.05) is 0 Å². The Morgan fingerprint density at radius 1 is 1.14 bits per heavy atom. The Hall–Kier alpha value is 0.358. The third-order valence-corrected chi connectivity index (χ3v) is 0. The van der Waals surface area contributed by atoms with Crippen LogP contribution in [-0.4, -0.2) is 17.5 Å². The molecule has 2 N–H and O–H groups in total. The van der Waals surface area contributed by atoms with Gasteiger partial charge in [-0.15, -0.1) is 0 Å². The Balaban J connectivity index is 0. The quantitative estimate of drug-likeness (QED) is 0.573. The molecule has 0 spiro atoms. The minimum atomic E-state index is -4.67. The fraction of sp³-hybridized carbons (Fsp3) is 0. The summed E-state index contributed by atoms with van der Waals surface area (Å²) in [6.07, 6.45) is 0. The fourth-order valence-corrected chi connectivity index (χ4v) is 0. The molecule has 0 saturated carbocycles. The van der Waals surface area contributed by atoms with Crippen LogP contribution in [0.5, 0.6) is 0 Å². The second-order valence-electron chi connectivity index (χ2n) is 0.448. The zero-order valence-electron chi connectivity index (χ0n) is 2.84. The molecule has 0 aromatic rings. The molecule has 0 fully saturated rings. The number of hydrogen-bond acceptors (Lipinski definition) is 3. The molecule has 0 aromatic carbocycles. The first-order valence-electron chi connectivity index (χ1n) is 0.828. The molecular formula is H2O5PtS. The van der Waals surface area contributed by atoms with Gasteiger partial charge in [0.1, 0.15) is 0 Å². The summed E-state index contributed by atoms with van der Waals surface area (Å²) in [5.74, 6) is 0. The van der Waals surface area contributed by atoms with Gasteiger partial charge in [0, 0.05) is 0 Å². The predicted molar refractivity (Wildman–Crippen MR) is 14.9 cm³/mol. The molecule has 0 amide bonds. The summed E-state index contributed by atoms with van der Waals surface area (Å²) in [7, 11) is -4.67. The minimum absolute atomic E-state index is 0.889. The average molecular weight is 309 g/mol. The average Bonchev–Trinajstić information content (AvgIpc) is 1.36. The van der Waals surface area contributed by atoms with Crippen molar-refractivity contribution in [3.63, 3.8) is 0 Å². The van der Waals surface area contributed by atoms with Gasteiger partial charge < -0.3 is 0 Å². The summed E-state index contributed by atoms with van der Waals surface area (Å²) in [6.45, 7) is 0. The molecule has 0 bridgehead atoms. The van der Waals surface area contributed by atoms with Crippen molar-refractivity contribution in [1.82, 2.24) is 0 Å². The van der Waals surface area contributed by atoms with E-state index in [2.05, 4.69) is 0 Å². The molecule has 0 radical (unpaired) electrons. The topological polar surface area (TPSA) is 91.7 Å². The van der Waals surface area contributed by atoms with Gasteiger partial charge in [0.15, 0.2) is 0 Å². The summed E-state index contributed by atoms with van der Waals surface area (Å²) < 4.78 is 39.8. The molecule has 0 atom stereocenters. The van der Waals surface area contributed by atoms with Crippen LogP contribution in [-0.2, 0) is 33.6 Å². The molecule has 0 aromatic heterocycles. The van der Waals surface area contributed by atoms with Gasteiger partial charge in [-0.1, -0.05) is 0 Å². The molecular weight excluding hydrogens is 307 g/mol. The summed E-state index contributed by atoms with van der Waals surface area (Å²) in [6, 6.07) is 0. The van der Waals surface area contributed by atoms with Crippen molar-refractivity contribution < 1.29 is 40.7 Å². The van der Waals surface area contributed by atoms with E-state index in [-0.39, 0.29) is 0 Å². The van der Waals surface area contributed by atoms with E-state index in [1.54, 1.807) is 0 Å². The molecule has 7 heavy (non-hydrogen) atoms. The third kappa shape index (κ3) is 941. The normalized spacial score (nSPS) is 9.14. The van der Waals surface area contributed by atoms with Gasteiger partial charge in [-0.2, -0.15) is 8.42 Å². The van der Waals surface area contributed by atoms with E-state index in [9.17, 15) is 0 Å². The number of hydrogen-bond donors (Lipinski definition) is 2. The monoisotopic (exact) mass is 309 g/mol. The Morgan fingerprint density at radius 2 is 1.14 bits per heavy atom. The van der Waals surface area contributed by atoms with Crippen LogP contribution in [0, 0.1) is 0 Å². The van der Waals surface area contributed by atoms with E-state index >= 15 is 0 Å². The SMILES string of the molecule is O=S(=O)(O)O.[O]=[Pt]. The van der Waals surface area contributed by atoms with Gasteiger partial charge in [0.25, 0.3) is 0 Å². The van der Waals surface area contributed by atoms with Crippen LogP contribution in [0.3, 0.4) is 0 Å². The summed E-state index contributed by atoms with van der Waals surface area (Å²) in [5.41, 5.74) is 0. The van der Waals surface area contributed by atoms with E-state index in [0.29, 0.717) is 0 Å². The van der Waals surface area contributed by atoms with Crippen molar-refractivity contribution in [3.05, 3.63) is 0 Å². The van der Waals surface area contributed by atoms with Crippen molar-refractivity contribution in [3.8, 4) is 0 Å². The van der Waals surface area contributed by atoms with Crippen LogP contribution < -0.4 is 0 Å². The Morgan fingerprint density at radius 3 is 1.14 bits per heavy atom. The molecule has 0 rings (SSSR count). The molecule has 0 unspecified atom stereocenters. The van der Waals surface area contributed by atoms with E-state index in [1.165, 1.54) is 0 Å². The standard InChI is InChI=1S/H2O4S.O.Pt/c1-5(2,3)4;;/h(H2,1,2,3,4);;. The number of rotatable bonds is 0. The van der Waals surface area contributed by atoms with Crippen molar-refractivity contribution in [2.45, 2.75) is 0 Å². The van der Waals surface area contributed by atoms with Gasteiger partial charge in [-0.3, -0.25) is 9.11 Å². The third-order valence-electron chi connectivity index (χ3n) is 0. The van der Waals surface area contributed by atoms with Crippen LogP contribution in [0.1, 0.15) is 0 Å². The van der Waals surface area contributed by atoms with E-state index in [4.69, 9.17) is 20.9 Å². The van der Waals surface area contributed by atoms with E-state index in [1.807, 2.05) is 0 Å². The maximum atomic E-state index is 8.74. The fourth-order valence-electron chi connectivity index (χ4n) is 0. The van der Waals surface area contributed by atoms with Gasteiger partial charge in [-0.05, 0) is 0 Å².